The molecule has 5 nitrogen and oxygen atoms in total. The van der Waals surface area contributed by atoms with Crippen LogP contribution in [-0.4, -0.2) is 34.1 Å². The summed E-state index contributed by atoms with van der Waals surface area (Å²) in [5.74, 6) is -0.601. The molecule has 5 heteroatoms. The summed E-state index contributed by atoms with van der Waals surface area (Å²) in [7, 11) is 0. The maximum atomic E-state index is 10.9. The maximum Gasteiger partial charge on any atom is 0.354 e. The Kier molecular flexibility index (Phi) is 4.20. The van der Waals surface area contributed by atoms with Gasteiger partial charge in [0.25, 0.3) is 0 Å². The lowest BCUT2D eigenvalue weighted by atomic mass is 10.3. The second-order valence-corrected chi connectivity index (χ2v) is 3.97. The van der Waals surface area contributed by atoms with Gasteiger partial charge in [-0.1, -0.05) is 12.2 Å². The van der Waals surface area contributed by atoms with Crippen molar-refractivity contribution in [3.63, 3.8) is 0 Å². The van der Waals surface area contributed by atoms with Crippen molar-refractivity contribution in [2.24, 2.45) is 0 Å². The van der Waals surface area contributed by atoms with E-state index in [1.807, 2.05) is 18.7 Å². The number of carboxylic acids is 1. The monoisotopic (exact) mass is 235 g/mol. The Balaban J connectivity index is 3.10. The van der Waals surface area contributed by atoms with E-state index in [-0.39, 0.29) is 5.69 Å². The highest BCUT2D eigenvalue weighted by molar-refractivity contribution is 5.85. The van der Waals surface area contributed by atoms with Crippen molar-refractivity contribution < 1.29 is 9.90 Å². The molecule has 17 heavy (non-hydrogen) atoms. The number of carbonyl (C=O) groups is 1. The van der Waals surface area contributed by atoms with Crippen LogP contribution in [0.5, 0.6) is 0 Å². The molecular weight excluding hydrogens is 218 g/mol. The first kappa shape index (κ1) is 13.2. The van der Waals surface area contributed by atoms with E-state index in [2.05, 4.69) is 16.5 Å². The maximum absolute atomic E-state index is 10.9. The van der Waals surface area contributed by atoms with Crippen molar-refractivity contribution in [3.8, 4) is 0 Å². The molecule has 1 N–H and O–H groups in total. The van der Waals surface area contributed by atoms with E-state index in [1.165, 1.54) is 6.07 Å². The van der Waals surface area contributed by atoms with Crippen LogP contribution in [0.3, 0.4) is 0 Å². The lowest BCUT2D eigenvalue weighted by Crippen LogP contribution is -2.27. The van der Waals surface area contributed by atoms with Gasteiger partial charge in [0.1, 0.15) is 0 Å². The second kappa shape index (κ2) is 5.43. The van der Waals surface area contributed by atoms with Crippen LogP contribution in [0, 0.1) is 6.92 Å². The Morgan fingerprint density at radius 1 is 1.53 bits per heavy atom. The minimum atomic E-state index is -1.04. The average Bonchev–Trinajstić information content (AvgIpc) is 2.24. The Morgan fingerprint density at radius 3 is 2.65 bits per heavy atom. The van der Waals surface area contributed by atoms with E-state index in [4.69, 9.17) is 5.11 Å². The number of likely N-dealkylation sites (N-methyl/N-ethyl adjacent to an activating group) is 1. The summed E-state index contributed by atoms with van der Waals surface area (Å²) in [6.07, 6.45) is 0. The van der Waals surface area contributed by atoms with Crippen LogP contribution in [0.4, 0.5) is 5.95 Å². The zero-order chi connectivity index (χ0) is 13.0. The van der Waals surface area contributed by atoms with Crippen LogP contribution in [0.2, 0.25) is 0 Å². The minimum Gasteiger partial charge on any atom is -0.477 e. The van der Waals surface area contributed by atoms with Gasteiger partial charge in [0.15, 0.2) is 5.69 Å². The summed E-state index contributed by atoms with van der Waals surface area (Å²) >= 11 is 0. The second-order valence-electron chi connectivity index (χ2n) is 3.97. The lowest BCUT2D eigenvalue weighted by Gasteiger charge is -2.21. The van der Waals surface area contributed by atoms with Gasteiger partial charge >= 0.3 is 5.97 Å². The van der Waals surface area contributed by atoms with Crippen molar-refractivity contribution in [2.45, 2.75) is 20.8 Å². The molecule has 0 spiro atoms. The first-order valence-electron chi connectivity index (χ1n) is 5.42. The summed E-state index contributed by atoms with van der Waals surface area (Å²) in [5, 5.41) is 8.94. The number of nitrogens with zero attached hydrogens (tertiary/aromatic N) is 3. The molecule has 0 fully saturated rings. The van der Waals surface area contributed by atoms with Crippen LogP contribution < -0.4 is 4.90 Å². The van der Waals surface area contributed by atoms with Crippen LogP contribution in [0.1, 0.15) is 30.0 Å². The largest absolute Gasteiger partial charge is 0.477 e. The average molecular weight is 235 g/mol. The zero-order valence-corrected chi connectivity index (χ0v) is 10.4. The fourth-order valence-corrected chi connectivity index (χ4v) is 1.45. The molecule has 1 aromatic rings. The number of hydrogen-bond donors (Lipinski definition) is 1. The number of hydrogen-bond acceptors (Lipinski definition) is 4. The van der Waals surface area contributed by atoms with Gasteiger partial charge in [-0.25, -0.2) is 14.8 Å². The highest BCUT2D eigenvalue weighted by Gasteiger charge is 2.13. The van der Waals surface area contributed by atoms with E-state index in [1.54, 1.807) is 6.92 Å². The lowest BCUT2D eigenvalue weighted by molar-refractivity contribution is 0.0690. The number of aromatic carboxylic acids is 1. The molecule has 0 bridgehead atoms. The summed E-state index contributed by atoms with van der Waals surface area (Å²) in [6, 6.07) is 1.46. The Hall–Kier alpha value is -1.91. The molecule has 1 heterocycles. The number of rotatable bonds is 5. The highest BCUT2D eigenvalue weighted by Crippen LogP contribution is 2.11. The smallest absolute Gasteiger partial charge is 0.354 e. The highest BCUT2D eigenvalue weighted by atomic mass is 16.4. The summed E-state index contributed by atoms with van der Waals surface area (Å²) in [6.45, 7) is 10.8. The zero-order valence-electron chi connectivity index (χ0n) is 10.4. The van der Waals surface area contributed by atoms with Gasteiger partial charge in [-0.2, -0.15) is 0 Å². The van der Waals surface area contributed by atoms with Gasteiger partial charge in [0.05, 0.1) is 0 Å². The third-order valence-electron chi connectivity index (χ3n) is 2.19. The molecule has 0 aliphatic rings. The molecule has 0 unspecified atom stereocenters. The number of aromatic nitrogens is 2. The molecule has 0 saturated heterocycles. The van der Waals surface area contributed by atoms with E-state index in [0.717, 1.165) is 5.57 Å². The molecule has 0 aliphatic heterocycles. The predicted octanol–water partition coefficient (Wildman–Crippen LogP) is 1.89. The first-order chi connectivity index (χ1) is 7.93. The van der Waals surface area contributed by atoms with E-state index < -0.39 is 5.97 Å². The fourth-order valence-electron chi connectivity index (χ4n) is 1.45. The van der Waals surface area contributed by atoms with Gasteiger partial charge in [0, 0.05) is 18.8 Å². The van der Waals surface area contributed by atoms with Crippen LogP contribution in [-0.2, 0) is 0 Å². The summed E-state index contributed by atoms with van der Waals surface area (Å²) < 4.78 is 0. The number of carboxylic acid groups (broad SMARTS) is 1. The van der Waals surface area contributed by atoms with Gasteiger partial charge < -0.3 is 10.0 Å². The van der Waals surface area contributed by atoms with Crippen LogP contribution >= 0.6 is 0 Å². The van der Waals surface area contributed by atoms with Gasteiger partial charge in [-0.3, -0.25) is 0 Å². The standard InChI is InChI=1S/C12H17N3O2/c1-5-15(7-8(2)3)12-13-9(4)6-10(14-12)11(16)17/h6H,2,5,7H2,1,3-4H3,(H,16,17). The predicted molar refractivity (Wildman–Crippen MR) is 66.4 cm³/mol. The molecule has 1 rings (SSSR count). The normalized spacial score (nSPS) is 10.1. The molecule has 0 amide bonds. The quantitative estimate of drug-likeness (QED) is 0.789. The van der Waals surface area contributed by atoms with E-state index in [9.17, 15) is 4.79 Å². The SMILES string of the molecule is C=C(C)CN(CC)c1nc(C)cc(C(=O)O)n1. The molecule has 0 radical (unpaired) electrons. The van der Waals surface area contributed by atoms with Crippen LogP contribution in [0.15, 0.2) is 18.2 Å². The molecule has 0 atom stereocenters. The van der Waals surface area contributed by atoms with Crippen molar-refractivity contribution in [1.82, 2.24) is 9.97 Å². The van der Waals surface area contributed by atoms with Crippen molar-refractivity contribution in [2.75, 3.05) is 18.0 Å². The molecule has 92 valence electrons. The number of aryl methyl sites for hydroxylation is 1. The fraction of sp³-hybridized carbons (Fsp3) is 0.417. The van der Waals surface area contributed by atoms with Crippen molar-refractivity contribution in [1.29, 1.82) is 0 Å². The van der Waals surface area contributed by atoms with Crippen molar-refractivity contribution >= 4 is 11.9 Å². The van der Waals surface area contributed by atoms with E-state index in [0.29, 0.717) is 24.7 Å². The molecule has 0 aromatic carbocycles. The molecule has 1 aromatic heterocycles. The molecule has 0 aliphatic carbocycles. The van der Waals surface area contributed by atoms with Gasteiger partial charge in [-0.15, -0.1) is 0 Å². The molecule has 0 saturated carbocycles. The van der Waals surface area contributed by atoms with E-state index >= 15 is 0 Å². The first-order valence-corrected chi connectivity index (χ1v) is 5.42. The van der Waals surface area contributed by atoms with Gasteiger partial charge in [-0.05, 0) is 26.8 Å². The number of anilines is 1. The van der Waals surface area contributed by atoms with Crippen molar-refractivity contribution in [3.05, 3.63) is 29.6 Å². The Morgan fingerprint density at radius 2 is 2.18 bits per heavy atom. The Labute approximate surface area is 101 Å². The summed E-state index contributed by atoms with van der Waals surface area (Å²) in [4.78, 5) is 21.1. The third-order valence-corrected chi connectivity index (χ3v) is 2.19. The Bertz CT molecular complexity index is 443. The van der Waals surface area contributed by atoms with Gasteiger partial charge in [0.2, 0.25) is 5.95 Å². The topological polar surface area (TPSA) is 66.3 Å². The van der Waals surface area contributed by atoms with Crippen LogP contribution in [0.25, 0.3) is 0 Å². The third kappa shape index (κ3) is 3.55. The minimum absolute atomic E-state index is 0.0210. The summed E-state index contributed by atoms with van der Waals surface area (Å²) in [5.41, 5.74) is 1.65. The molecular formula is C12H17N3O2.